The SMILES string of the molecule is Br.[Zn].[c-]1ccc2ccccc2c1. The molecule has 0 heterocycles. The van der Waals surface area contributed by atoms with Gasteiger partial charge in [0.15, 0.2) is 0 Å². The topological polar surface area (TPSA) is 0 Å². The van der Waals surface area contributed by atoms with Gasteiger partial charge in [-0.2, -0.15) is 24.3 Å². The molecular weight excluding hydrogens is 265 g/mol. The largest absolute Gasteiger partial charge is 0.183 e. The molecule has 0 amide bonds. The Morgan fingerprint density at radius 2 is 1.58 bits per heavy atom. The molecule has 0 aromatic heterocycles. The van der Waals surface area contributed by atoms with E-state index in [9.17, 15) is 0 Å². The van der Waals surface area contributed by atoms with E-state index in [4.69, 9.17) is 0 Å². The Hall–Kier alpha value is -0.197. The van der Waals surface area contributed by atoms with Gasteiger partial charge in [-0.1, -0.05) is 18.2 Å². The number of halogens is 1. The van der Waals surface area contributed by atoms with Crippen molar-refractivity contribution in [1.82, 2.24) is 0 Å². The van der Waals surface area contributed by atoms with Crippen LogP contribution in [0.2, 0.25) is 0 Å². The normalized spacial score (nSPS) is 8.33. The molecule has 12 heavy (non-hydrogen) atoms. The van der Waals surface area contributed by atoms with Gasteiger partial charge in [0, 0.05) is 19.5 Å². The molecule has 0 atom stereocenters. The second kappa shape index (κ2) is 5.45. The van der Waals surface area contributed by atoms with Crippen LogP contribution < -0.4 is 0 Å². The summed E-state index contributed by atoms with van der Waals surface area (Å²) in [7, 11) is 0. The molecule has 0 radical (unpaired) electrons. The number of hydrogen-bond acceptors (Lipinski definition) is 0. The summed E-state index contributed by atoms with van der Waals surface area (Å²) in [5, 5.41) is 2.53. The van der Waals surface area contributed by atoms with Gasteiger partial charge in [-0.3, -0.25) is 0 Å². The van der Waals surface area contributed by atoms with Crippen molar-refractivity contribution in [2.24, 2.45) is 0 Å². The van der Waals surface area contributed by atoms with E-state index in [0.29, 0.717) is 0 Å². The van der Waals surface area contributed by atoms with Gasteiger partial charge in [-0.25, -0.2) is 0 Å². The Kier molecular flexibility index (Phi) is 5.36. The molecule has 2 aromatic rings. The molecule has 2 rings (SSSR count). The van der Waals surface area contributed by atoms with Gasteiger partial charge in [0.25, 0.3) is 0 Å². The molecule has 2 aromatic carbocycles. The van der Waals surface area contributed by atoms with Gasteiger partial charge in [0.05, 0.1) is 0 Å². The van der Waals surface area contributed by atoms with E-state index in [-0.39, 0.29) is 36.5 Å². The summed E-state index contributed by atoms with van der Waals surface area (Å²) in [5.41, 5.74) is 0. The molecule has 0 unspecified atom stereocenters. The average molecular weight is 273 g/mol. The van der Waals surface area contributed by atoms with Crippen molar-refractivity contribution in [3.05, 3.63) is 48.5 Å². The van der Waals surface area contributed by atoms with E-state index in [1.54, 1.807) is 0 Å². The molecule has 0 nitrogen and oxygen atoms in total. The van der Waals surface area contributed by atoms with E-state index in [0.717, 1.165) is 0 Å². The Morgan fingerprint density at radius 3 is 2.25 bits per heavy atom. The first-order chi connectivity index (χ1) is 4.97. The summed E-state index contributed by atoms with van der Waals surface area (Å²) in [6, 6.07) is 17.3. The zero-order valence-corrected chi connectivity index (χ0v) is 11.3. The maximum absolute atomic E-state index is 3.04. The van der Waals surface area contributed by atoms with Gasteiger partial charge in [0.1, 0.15) is 0 Å². The Bertz CT molecular complexity index is 281. The smallest absolute Gasteiger partial charge is 0 e. The minimum absolute atomic E-state index is 0. The van der Waals surface area contributed by atoms with Crippen LogP contribution in [0.3, 0.4) is 0 Å². The first-order valence-corrected chi connectivity index (χ1v) is 3.32. The number of benzene rings is 2. The van der Waals surface area contributed by atoms with Crippen LogP contribution in [0.15, 0.2) is 42.5 Å². The average Bonchev–Trinajstić information content (AvgIpc) is 2.05. The van der Waals surface area contributed by atoms with Crippen molar-refractivity contribution in [3.8, 4) is 0 Å². The third kappa shape index (κ3) is 2.40. The van der Waals surface area contributed by atoms with Crippen LogP contribution in [-0.2, 0) is 19.5 Å². The minimum atomic E-state index is 0. The summed E-state index contributed by atoms with van der Waals surface area (Å²) in [5.74, 6) is 0. The predicted octanol–water partition coefficient (Wildman–Crippen LogP) is 3.22. The molecule has 0 spiro atoms. The molecule has 0 aliphatic rings. The predicted molar refractivity (Wildman–Crippen MR) is 53.1 cm³/mol. The summed E-state index contributed by atoms with van der Waals surface area (Å²) >= 11 is 0. The van der Waals surface area contributed by atoms with E-state index >= 15 is 0 Å². The second-order valence-electron chi connectivity index (χ2n) is 2.27. The van der Waals surface area contributed by atoms with E-state index in [1.165, 1.54) is 10.8 Å². The standard InChI is InChI=1S/C10H7.BrH.Zn/c1-2-6-10-8-4-3-7-9(10)5-1;;/h1-3,5-8H;1H;/q-1;;. The monoisotopic (exact) mass is 271 g/mol. The molecule has 0 aliphatic heterocycles. The van der Waals surface area contributed by atoms with Gasteiger partial charge in [-0.05, 0) is 0 Å². The molecule has 0 bridgehead atoms. The first-order valence-electron chi connectivity index (χ1n) is 3.32. The van der Waals surface area contributed by atoms with Crippen LogP contribution in [0.1, 0.15) is 0 Å². The van der Waals surface area contributed by atoms with Gasteiger partial charge >= 0.3 is 0 Å². The maximum Gasteiger partial charge on any atom is 0 e. The van der Waals surface area contributed by atoms with Crippen LogP contribution in [0, 0.1) is 6.07 Å². The van der Waals surface area contributed by atoms with E-state index < -0.39 is 0 Å². The summed E-state index contributed by atoms with van der Waals surface area (Å²) in [6.45, 7) is 0. The Balaban J connectivity index is 0.000000605. The number of fused-ring (bicyclic) bond motifs is 1. The fourth-order valence-electron chi connectivity index (χ4n) is 1.07. The van der Waals surface area contributed by atoms with E-state index in [1.807, 2.05) is 24.3 Å². The van der Waals surface area contributed by atoms with Gasteiger partial charge in [-0.15, -0.1) is 33.8 Å². The van der Waals surface area contributed by atoms with Crippen LogP contribution >= 0.6 is 17.0 Å². The van der Waals surface area contributed by atoms with Crippen molar-refractivity contribution in [2.75, 3.05) is 0 Å². The van der Waals surface area contributed by atoms with Crippen LogP contribution in [0.4, 0.5) is 0 Å². The molecule has 58 valence electrons. The van der Waals surface area contributed by atoms with E-state index in [2.05, 4.69) is 24.3 Å². The first kappa shape index (κ1) is 11.8. The molecule has 2 heteroatoms. The molecular formula is C10H8BrZn-. The van der Waals surface area contributed by atoms with Gasteiger partial charge < -0.3 is 0 Å². The summed E-state index contributed by atoms with van der Waals surface area (Å²) < 4.78 is 0. The van der Waals surface area contributed by atoms with Crippen LogP contribution in [0.25, 0.3) is 10.8 Å². The molecule has 0 aliphatic carbocycles. The van der Waals surface area contributed by atoms with Crippen molar-refractivity contribution in [1.29, 1.82) is 0 Å². The van der Waals surface area contributed by atoms with Crippen LogP contribution in [0.5, 0.6) is 0 Å². The quantitative estimate of drug-likeness (QED) is 0.511. The fourth-order valence-corrected chi connectivity index (χ4v) is 1.07. The number of hydrogen-bond donors (Lipinski definition) is 0. The minimum Gasteiger partial charge on any atom is -0.183 e. The van der Waals surface area contributed by atoms with Crippen molar-refractivity contribution in [2.45, 2.75) is 0 Å². The number of rotatable bonds is 0. The van der Waals surface area contributed by atoms with Crippen molar-refractivity contribution in [3.63, 3.8) is 0 Å². The van der Waals surface area contributed by atoms with Crippen molar-refractivity contribution < 1.29 is 19.5 Å². The zero-order valence-electron chi connectivity index (χ0n) is 6.66. The molecule has 0 fully saturated rings. The van der Waals surface area contributed by atoms with Crippen LogP contribution in [-0.4, -0.2) is 0 Å². The summed E-state index contributed by atoms with van der Waals surface area (Å²) in [6.07, 6.45) is 0. The third-order valence-corrected chi connectivity index (χ3v) is 1.59. The molecule has 0 saturated heterocycles. The second-order valence-corrected chi connectivity index (χ2v) is 2.27. The fraction of sp³-hybridized carbons (Fsp3) is 0. The van der Waals surface area contributed by atoms with Gasteiger partial charge in [0.2, 0.25) is 0 Å². The Morgan fingerprint density at radius 1 is 0.917 bits per heavy atom. The molecule has 0 saturated carbocycles. The zero-order chi connectivity index (χ0) is 6.81. The summed E-state index contributed by atoms with van der Waals surface area (Å²) in [4.78, 5) is 0. The third-order valence-electron chi connectivity index (χ3n) is 1.59. The molecule has 0 N–H and O–H groups in total. The van der Waals surface area contributed by atoms with Crippen molar-refractivity contribution >= 4 is 27.8 Å². The Labute approximate surface area is 95.5 Å². The maximum atomic E-state index is 3.04.